The van der Waals surface area contributed by atoms with Gasteiger partial charge in [0.1, 0.15) is 11.6 Å². The van der Waals surface area contributed by atoms with Gasteiger partial charge < -0.3 is 4.74 Å². The predicted molar refractivity (Wildman–Crippen MR) is 70.4 cm³/mol. The first kappa shape index (κ1) is 12.8. The molecule has 0 aromatic heterocycles. The number of Topliss-reactive ketones (excluding diaryl/α,β-unsaturated/α-hetero) is 1. The zero-order chi connectivity index (χ0) is 13.0. The van der Waals surface area contributed by atoms with Crippen LogP contribution < -0.4 is 4.74 Å². The number of ether oxygens (including phenoxy) is 1. The van der Waals surface area contributed by atoms with Crippen LogP contribution in [-0.4, -0.2) is 12.4 Å². The zero-order valence-corrected chi connectivity index (χ0v) is 11.0. The van der Waals surface area contributed by atoms with Gasteiger partial charge in [0.2, 0.25) is 5.78 Å². The molecule has 0 saturated carbocycles. The molecule has 2 nitrogen and oxygen atoms in total. The summed E-state index contributed by atoms with van der Waals surface area (Å²) in [5, 5.41) is 0. The first-order chi connectivity index (χ1) is 8.66. The Balaban J connectivity index is 2.01. The third kappa shape index (κ3) is 3.17. The van der Waals surface area contributed by atoms with Crippen LogP contribution in [0.15, 0.2) is 53.0 Å². The first-order valence-electron chi connectivity index (χ1n) is 5.33. The molecule has 0 fully saturated rings. The van der Waals surface area contributed by atoms with Gasteiger partial charge in [-0.15, -0.1) is 0 Å². The van der Waals surface area contributed by atoms with Gasteiger partial charge in [-0.25, -0.2) is 4.39 Å². The highest BCUT2D eigenvalue weighted by Gasteiger charge is 2.09. The molecule has 0 N–H and O–H groups in total. The Bertz CT molecular complexity index is 552. The molecule has 0 amide bonds. The SMILES string of the molecule is O=C(COc1ccc(F)cc1)c1ccccc1Br. The molecule has 0 spiro atoms. The Kier molecular flexibility index (Phi) is 4.10. The number of halogens is 2. The fourth-order valence-electron chi connectivity index (χ4n) is 1.44. The highest BCUT2D eigenvalue weighted by molar-refractivity contribution is 9.10. The Morgan fingerprint density at radius 3 is 2.44 bits per heavy atom. The van der Waals surface area contributed by atoms with Crippen LogP contribution in [0.3, 0.4) is 0 Å². The van der Waals surface area contributed by atoms with Crippen LogP contribution in [0.2, 0.25) is 0 Å². The van der Waals surface area contributed by atoms with Crippen molar-refractivity contribution in [3.05, 3.63) is 64.4 Å². The molecule has 0 bridgehead atoms. The number of carbonyl (C=O) groups excluding carboxylic acids is 1. The second-order valence-corrected chi connectivity index (χ2v) is 4.50. The highest BCUT2D eigenvalue weighted by Crippen LogP contribution is 2.17. The molecular formula is C14H10BrFO2. The van der Waals surface area contributed by atoms with E-state index in [-0.39, 0.29) is 18.2 Å². The van der Waals surface area contributed by atoms with Crippen LogP contribution in [0, 0.1) is 5.82 Å². The minimum absolute atomic E-state index is 0.0752. The lowest BCUT2D eigenvalue weighted by Gasteiger charge is -2.06. The first-order valence-corrected chi connectivity index (χ1v) is 6.12. The summed E-state index contributed by atoms with van der Waals surface area (Å²) >= 11 is 3.31. The average molecular weight is 309 g/mol. The standard InChI is InChI=1S/C14H10BrFO2/c15-13-4-2-1-3-12(13)14(17)9-18-11-7-5-10(16)6-8-11/h1-8H,9H2. The summed E-state index contributed by atoms with van der Waals surface area (Å²) in [7, 11) is 0. The van der Waals surface area contributed by atoms with Gasteiger partial charge in [0, 0.05) is 10.0 Å². The molecule has 2 aromatic rings. The zero-order valence-electron chi connectivity index (χ0n) is 9.40. The average Bonchev–Trinajstić information content (AvgIpc) is 2.38. The molecule has 2 rings (SSSR count). The molecule has 18 heavy (non-hydrogen) atoms. The minimum Gasteiger partial charge on any atom is -0.485 e. The molecule has 0 saturated heterocycles. The molecule has 2 aromatic carbocycles. The van der Waals surface area contributed by atoms with Crippen LogP contribution in [0.4, 0.5) is 4.39 Å². The second kappa shape index (κ2) is 5.78. The smallest absolute Gasteiger partial charge is 0.201 e. The van der Waals surface area contributed by atoms with Crippen molar-refractivity contribution < 1.29 is 13.9 Å². The third-order valence-electron chi connectivity index (χ3n) is 2.36. The molecule has 0 aliphatic rings. The van der Waals surface area contributed by atoms with E-state index >= 15 is 0 Å². The van der Waals surface area contributed by atoms with Gasteiger partial charge in [0.05, 0.1) is 0 Å². The molecule has 0 atom stereocenters. The number of benzene rings is 2. The van der Waals surface area contributed by atoms with Crippen LogP contribution >= 0.6 is 15.9 Å². The van der Waals surface area contributed by atoms with Crippen molar-refractivity contribution in [2.45, 2.75) is 0 Å². The maximum absolute atomic E-state index is 12.7. The minimum atomic E-state index is -0.334. The Hall–Kier alpha value is -1.68. The molecule has 0 heterocycles. The van der Waals surface area contributed by atoms with Gasteiger partial charge in [-0.05, 0) is 30.3 Å². The number of ketones is 1. The van der Waals surface area contributed by atoms with E-state index in [2.05, 4.69) is 15.9 Å². The van der Waals surface area contributed by atoms with Gasteiger partial charge in [0.25, 0.3) is 0 Å². The van der Waals surface area contributed by atoms with Gasteiger partial charge in [-0.2, -0.15) is 0 Å². The fourth-order valence-corrected chi connectivity index (χ4v) is 1.95. The van der Waals surface area contributed by atoms with E-state index in [1.807, 2.05) is 6.07 Å². The Labute approximate surface area is 113 Å². The second-order valence-electron chi connectivity index (χ2n) is 3.65. The lowest BCUT2D eigenvalue weighted by molar-refractivity contribution is 0.0920. The van der Waals surface area contributed by atoms with Crippen molar-refractivity contribution in [1.29, 1.82) is 0 Å². The maximum atomic E-state index is 12.7. The number of hydrogen-bond acceptors (Lipinski definition) is 2. The molecular weight excluding hydrogens is 299 g/mol. The summed E-state index contributed by atoms with van der Waals surface area (Å²) in [4.78, 5) is 11.9. The van der Waals surface area contributed by atoms with E-state index in [0.717, 1.165) is 4.47 Å². The van der Waals surface area contributed by atoms with E-state index < -0.39 is 0 Å². The van der Waals surface area contributed by atoms with Crippen LogP contribution in [0.25, 0.3) is 0 Å². The van der Waals surface area contributed by atoms with Crippen molar-refractivity contribution in [1.82, 2.24) is 0 Å². The molecule has 0 radical (unpaired) electrons. The van der Waals surface area contributed by atoms with Crippen molar-refractivity contribution >= 4 is 21.7 Å². The monoisotopic (exact) mass is 308 g/mol. The molecule has 4 heteroatoms. The van der Waals surface area contributed by atoms with Gasteiger partial charge in [0.15, 0.2) is 6.61 Å². The van der Waals surface area contributed by atoms with E-state index in [1.165, 1.54) is 24.3 Å². The van der Waals surface area contributed by atoms with Gasteiger partial charge in [-0.1, -0.05) is 34.1 Å². The molecule has 0 aliphatic carbocycles. The van der Waals surface area contributed by atoms with Gasteiger partial charge in [-0.3, -0.25) is 4.79 Å². The maximum Gasteiger partial charge on any atom is 0.201 e. The predicted octanol–water partition coefficient (Wildman–Crippen LogP) is 3.85. The lowest BCUT2D eigenvalue weighted by atomic mass is 10.1. The quantitative estimate of drug-likeness (QED) is 0.802. The number of rotatable bonds is 4. The van der Waals surface area contributed by atoms with E-state index in [4.69, 9.17) is 4.74 Å². The van der Waals surface area contributed by atoms with Crippen molar-refractivity contribution in [3.8, 4) is 5.75 Å². The normalized spacial score (nSPS) is 10.1. The van der Waals surface area contributed by atoms with Crippen molar-refractivity contribution in [2.75, 3.05) is 6.61 Å². The topological polar surface area (TPSA) is 26.3 Å². The van der Waals surface area contributed by atoms with Crippen LogP contribution in [0.5, 0.6) is 5.75 Å². The summed E-state index contributed by atoms with van der Waals surface area (Å²) in [6, 6.07) is 12.7. The lowest BCUT2D eigenvalue weighted by Crippen LogP contribution is -2.12. The summed E-state index contributed by atoms with van der Waals surface area (Å²) in [5.74, 6) is 0.00286. The van der Waals surface area contributed by atoms with E-state index in [9.17, 15) is 9.18 Å². The highest BCUT2D eigenvalue weighted by atomic mass is 79.9. The Morgan fingerprint density at radius 1 is 1.11 bits per heavy atom. The number of hydrogen-bond donors (Lipinski definition) is 0. The number of carbonyl (C=O) groups is 1. The van der Waals surface area contributed by atoms with E-state index in [0.29, 0.717) is 11.3 Å². The van der Waals surface area contributed by atoms with E-state index in [1.54, 1.807) is 18.2 Å². The summed E-state index contributed by atoms with van der Waals surface area (Å²) in [6.45, 7) is -0.0752. The van der Waals surface area contributed by atoms with Crippen LogP contribution in [0.1, 0.15) is 10.4 Å². The third-order valence-corrected chi connectivity index (χ3v) is 3.05. The van der Waals surface area contributed by atoms with Gasteiger partial charge >= 0.3 is 0 Å². The largest absolute Gasteiger partial charge is 0.485 e. The summed E-state index contributed by atoms with van der Waals surface area (Å²) in [5.41, 5.74) is 0.569. The van der Waals surface area contributed by atoms with Crippen molar-refractivity contribution in [2.24, 2.45) is 0 Å². The summed E-state index contributed by atoms with van der Waals surface area (Å²) < 4.78 is 18.7. The van der Waals surface area contributed by atoms with Crippen LogP contribution in [-0.2, 0) is 0 Å². The fraction of sp³-hybridized carbons (Fsp3) is 0.0714. The molecule has 0 aliphatic heterocycles. The summed E-state index contributed by atoms with van der Waals surface area (Å²) in [6.07, 6.45) is 0. The molecule has 0 unspecified atom stereocenters. The van der Waals surface area contributed by atoms with Crippen molar-refractivity contribution in [3.63, 3.8) is 0 Å². The Morgan fingerprint density at radius 2 is 1.78 bits per heavy atom. The molecule has 92 valence electrons.